The van der Waals surface area contributed by atoms with Crippen molar-refractivity contribution in [2.45, 2.75) is 57.8 Å². The fraction of sp³-hybridized carbons (Fsp3) is 0.419. The number of aliphatic hydroxyl groups is 1. The molecule has 13 heteroatoms. The molecule has 1 aliphatic rings. The molecule has 0 saturated carbocycles. The van der Waals surface area contributed by atoms with Crippen LogP contribution < -0.4 is 21.3 Å². The van der Waals surface area contributed by atoms with E-state index in [0.29, 0.717) is 16.7 Å². The summed E-state index contributed by atoms with van der Waals surface area (Å²) in [5.74, 6) is -3.38. The first-order valence-electron chi connectivity index (χ1n) is 14.5. The highest BCUT2D eigenvalue weighted by Gasteiger charge is 2.33. The molecular weight excluding hydrogens is 568 g/mol. The molecule has 5 N–H and O–H groups in total. The standard InChI is InChI=1S/C31H38N6O7/c1-18(2)27-31(43)33-23(15-20-9-5-4-6-10-20)29(41)35-28(19(3)38)30(42)32-13-14-37(17-25(39)34-27)26(40)16-22-21-11-7-8-12-24(21)44-36-22/h4-12,18-19,23,27-28,38H,13-17H2,1-3H3,(H,32,42)(H,33,43)(H,34,39)(H,35,41)/t19-,23+,27-,28+/m1/s1. The summed E-state index contributed by atoms with van der Waals surface area (Å²) in [5, 5.41) is 25.6. The smallest absolute Gasteiger partial charge is 0.245 e. The van der Waals surface area contributed by atoms with Crippen LogP contribution in [0.2, 0.25) is 0 Å². The van der Waals surface area contributed by atoms with Gasteiger partial charge >= 0.3 is 0 Å². The lowest BCUT2D eigenvalue weighted by atomic mass is 10.0. The molecule has 4 rings (SSSR count). The number of carbonyl (C=O) groups is 5. The maximum atomic E-state index is 13.5. The number of nitrogens with one attached hydrogen (secondary N) is 4. The van der Waals surface area contributed by atoms with Crippen LogP contribution in [-0.2, 0) is 36.8 Å². The van der Waals surface area contributed by atoms with Crippen molar-refractivity contribution >= 4 is 40.5 Å². The van der Waals surface area contributed by atoms with E-state index in [0.717, 1.165) is 5.56 Å². The summed E-state index contributed by atoms with van der Waals surface area (Å²) < 4.78 is 5.30. The van der Waals surface area contributed by atoms with E-state index in [1.807, 2.05) is 6.07 Å². The van der Waals surface area contributed by atoms with Gasteiger partial charge in [0.2, 0.25) is 29.5 Å². The van der Waals surface area contributed by atoms with Crippen molar-refractivity contribution in [1.29, 1.82) is 0 Å². The van der Waals surface area contributed by atoms with Crippen molar-refractivity contribution < 1.29 is 33.6 Å². The Bertz CT molecular complexity index is 1490. The number of aromatic nitrogens is 1. The zero-order valence-corrected chi connectivity index (χ0v) is 24.9. The lowest BCUT2D eigenvalue weighted by Crippen LogP contribution is -2.60. The first kappa shape index (κ1) is 32.1. The maximum Gasteiger partial charge on any atom is 0.245 e. The second-order valence-corrected chi connectivity index (χ2v) is 11.2. The minimum Gasteiger partial charge on any atom is -0.391 e. The average Bonchev–Trinajstić information content (AvgIpc) is 3.39. The molecule has 1 saturated heterocycles. The average molecular weight is 607 g/mol. The molecule has 0 spiro atoms. The van der Waals surface area contributed by atoms with Crippen LogP contribution in [0.1, 0.15) is 32.0 Å². The van der Waals surface area contributed by atoms with Crippen LogP contribution in [0.15, 0.2) is 59.1 Å². The number of para-hydroxylation sites is 1. The normalized spacial score (nSPS) is 21.5. The lowest BCUT2D eigenvalue weighted by molar-refractivity contribution is -0.137. The number of fused-ring (bicyclic) bond motifs is 1. The van der Waals surface area contributed by atoms with E-state index in [2.05, 4.69) is 26.4 Å². The van der Waals surface area contributed by atoms with Crippen molar-refractivity contribution in [1.82, 2.24) is 31.3 Å². The topological polar surface area (TPSA) is 183 Å². The van der Waals surface area contributed by atoms with E-state index >= 15 is 0 Å². The van der Waals surface area contributed by atoms with Crippen molar-refractivity contribution in [3.8, 4) is 0 Å². The Morgan fingerprint density at radius 2 is 1.64 bits per heavy atom. The van der Waals surface area contributed by atoms with E-state index in [4.69, 9.17) is 4.52 Å². The zero-order valence-electron chi connectivity index (χ0n) is 24.9. The van der Waals surface area contributed by atoms with Gasteiger partial charge in [0.25, 0.3) is 0 Å². The molecule has 44 heavy (non-hydrogen) atoms. The SMILES string of the molecule is CC(C)[C@H]1NC(=O)CN(C(=O)Cc2noc3ccccc23)CCNC(=O)[C@H]([C@@H](C)O)NC(=O)[C@H](Cc2ccccc2)NC1=O. The molecule has 0 unspecified atom stereocenters. The molecular formula is C31H38N6O7. The van der Waals surface area contributed by atoms with Gasteiger partial charge in [0, 0.05) is 24.9 Å². The van der Waals surface area contributed by atoms with E-state index in [-0.39, 0.29) is 31.8 Å². The molecule has 0 radical (unpaired) electrons. The van der Waals surface area contributed by atoms with Crippen LogP contribution >= 0.6 is 0 Å². The molecule has 2 aromatic carbocycles. The van der Waals surface area contributed by atoms with Crippen molar-refractivity contribution in [3.63, 3.8) is 0 Å². The lowest BCUT2D eigenvalue weighted by Gasteiger charge is -2.27. The fourth-order valence-corrected chi connectivity index (χ4v) is 4.94. The maximum absolute atomic E-state index is 13.5. The van der Waals surface area contributed by atoms with Crippen LogP contribution in [-0.4, -0.2) is 88.6 Å². The van der Waals surface area contributed by atoms with E-state index in [9.17, 15) is 29.1 Å². The zero-order chi connectivity index (χ0) is 31.8. The summed E-state index contributed by atoms with van der Waals surface area (Å²) in [7, 11) is 0. The molecule has 234 valence electrons. The number of hydrogen-bond donors (Lipinski definition) is 5. The number of rotatable bonds is 6. The monoisotopic (exact) mass is 606 g/mol. The Morgan fingerprint density at radius 3 is 2.34 bits per heavy atom. The number of amides is 5. The summed E-state index contributed by atoms with van der Waals surface area (Å²) in [5.41, 5.74) is 1.66. The Balaban J connectivity index is 1.60. The van der Waals surface area contributed by atoms with Gasteiger partial charge in [0.15, 0.2) is 5.58 Å². The molecule has 1 aromatic heterocycles. The quantitative estimate of drug-likeness (QED) is 0.261. The second-order valence-electron chi connectivity index (χ2n) is 11.2. The van der Waals surface area contributed by atoms with Gasteiger partial charge in [-0.3, -0.25) is 24.0 Å². The molecule has 1 aliphatic heterocycles. The van der Waals surface area contributed by atoms with Crippen molar-refractivity contribution in [2.75, 3.05) is 19.6 Å². The van der Waals surface area contributed by atoms with Gasteiger partial charge in [0.1, 0.15) is 23.8 Å². The summed E-state index contributed by atoms with van der Waals surface area (Å²) in [6, 6.07) is 12.6. The number of aliphatic hydroxyl groups excluding tert-OH is 1. The van der Waals surface area contributed by atoms with E-state index in [1.54, 1.807) is 62.4 Å². The Kier molecular flexibility index (Phi) is 10.7. The molecule has 4 atom stereocenters. The highest BCUT2D eigenvalue weighted by molar-refractivity contribution is 5.95. The number of benzene rings is 2. The predicted molar refractivity (Wildman–Crippen MR) is 160 cm³/mol. The van der Waals surface area contributed by atoms with Crippen molar-refractivity contribution in [3.05, 3.63) is 65.9 Å². The molecule has 0 bridgehead atoms. The number of hydrogen-bond acceptors (Lipinski definition) is 8. The molecule has 3 aromatic rings. The predicted octanol–water partition coefficient (Wildman–Crippen LogP) is 0.0626. The second kappa shape index (κ2) is 14.6. The molecule has 13 nitrogen and oxygen atoms in total. The third-order valence-corrected chi connectivity index (χ3v) is 7.38. The Morgan fingerprint density at radius 1 is 0.932 bits per heavy atom. The van der Waals surface area contributed by atoms with Crippen LogP contribution in [0.3, 0.4) is 0 Å². The largest absolute Gasteiger partial charge is 0.391 e. The minimum atomic E-state index is -1.34. The third-order valence-electron chi connectivity index (χ3n) is 7.38. The van der Waals surface area contributed by atoms with E-state index in [1.165, 1.54) is 11.8 Å². The van der Waals surface area contributed by atoms with E-state index < -0.39 is 60.3 Å². The van der Waals surface area contributed by atoms with Crippen LogP contribution in [0.25, 0.3) is 11.0 Å². The highest BCUT2D eigenvalue weighted by Crippen LogP contribution is 2.19. The van der Waals surface area contributed by atoms with Crippen molar-refractivity contribution in [2.24, 2.45) is 5.92 Å². The van der Waals surface area contributed by atoms with Gasteiger partial charge in [-0.25, -0.2) is 0 Å². The minimum absolute atomic E-state index is 0.0660. The van der Waals surface area contributed by atoms with Gasteiger partial charge in [-0.15, -0.1) is 0 Å². The van der Waals surface area contributed by atoms with Gasteiger partial charge in [0.05, 0.1) is 19.1 Å². The highest BCUT2D eigenvalue weighted by atomic mass is 16.5. The third kappa shape index (κ3) is 8.19. The van der Waals surface area contributed by atoms with Crippen LogP contribution in [0, 0.1) is 5.92 Å². The summed E-state index contributed by atoms with van der Waals surface area (Å²) in [4.78, 5) is 67.9. The molecule has 5 amide bonds. The van der Waals surface area contributed by atoms with Crippen LogP contribution in [0.4, 0.5) is 0 Å². The first-order valence-corrected chi connectivity index (χ1v) is 14.5. The van der Waals surface area contributed by atoms with Gasteiger partial charge in [-0.05, 0) is 30.5 Å². The fourth-order valence-electron chi connectivity index (χ4n) is 4.94. The first-order chi connectivity index (χ1) is 21.0. The van der Waals surface area contributed by atoms with Crippen LogP contribution in [0.5, 0.6) is 0 Å². The molecule has 2 heterocycles. The van der Waals surface area contributed by atoms with Gasteiger partial charge in [-0.1, -0.05) is 61.5 Å². The Labute approximate surface area is 254 Å². The molecule has 0 aliphatic carbocycles. The Hall–Kier alpha value is -4.78. The summed E-state index contributed by atoms with van der Waals surface area (Å²) in [6.07, 6.45) is -1.34. The number of nitrogens with zero attached hydrogens (tertiary/aromatic N) is 2. The summed E-state index contributed by atoms with van der Waals surface area (Å²) >= 11 is 0. The number of carbonyl (C=O) groups excluding carboxylic acids is 5. The molecule has 1 fully saturated rings. The summed E-state index contributed by atoms with van der Waals surface area (Å²) in [6.45, 7) is 4.31. The van der Waals surface area contributed by atoms with Gasteiger partial charge < -0.3 is 35.8 Å². The van der Waals surface area contributed by atoms with Gasteiger partial charge in [-0.2, -0.15) is 0 Å².